The summed E-state index contributed by atoms with van der Waals surface area (Å²) in [5, 5.41) is 0. The highest BCUT2D eigenvalue weighted by atomic mass is 16.5. The largest absolute Gasteiger partial charge is 0.495 e. The Kier molecular flexibility index (Phi) is 4.84. The molecule has 1 heterocycles. The molecule has 36 heavy (non-hydrogen) atoms. The number of Topliss-reactive ketones (excluding diaryl/α,β-unsaturated/α-hetero) is 1. The monoisotopic (exact) mass is 477 g/mol. The molecule has 2 aliphatic carbocycles. The molecule has 1 saturated heterocycles. The van der Waals surface area contributed by atoms with E-state index in [4.69, 9.17) is 4.74 Å². The molecule has 5 nitrogen and oxygen atoms in total. The number of amides is 2. The van der Waals surface area contributed by atoms with Gasteiger partial charge in [-0.3, -0.25) is 14.4 Å². The lowest BCUT2D eigenvalue weighted by atomic mass is 9.62. The minimum Gasteiger partial charge on any atom is -0.495 e. The van der Waals surface area contributed by atoms with Gasteiger partial charge in [0.25, 0.3) is 0 Å². The Bertz CT molecular complexity index is 1440. The molecule has 2 fully saturated rings. The van der Waals surface area contributed by atoms with Gasteiger partial charge >= 0.3 is 0 Å². The van der Waals surface area contributed by atoms with Gasteiger partial charge in [-0.15, -0.1) is 0 Å². The zero-order valence-electron chi connectivity index (χ0n) is 20.5. The van der Waals surface area contributed by atoms with Gasteiger partial charge in [0.15, 0.2) is 5.78 Å². The molecule has 5 heteroatoms. The van der Waals surface area contributed by atoms with Crippen molar-refractivity contribution in [1.29, 1.82) is 0 Å². The van der Waals surface area contributed by atoms with Crippen LogP contribution in [0.25, 0.3) is 11.1 Å². The number of fused-ring (bicyclic) bond motifs is 5. The molecule has 180 valence electrons. The van der Waals surface area contributed by atoms with E-state index < -0.39 is 22.7 Å². The summed E-state index contributed by atoms with van der Waals surface area (Å²) in [6.45, 7) is 3.83. The molecule has 4 atom stereocenters. The van der Waals surface area contributed by atoms with Crippen molar-refractivity contribution in [3.63, 3.8) is 0 Å². The first-order valence-electron chi connectivity index (χ1n) is 12.3. The first-order chi connectivity index (χ1) is 17.4. The second kappa shape index (κ2) is 7.76. The summed E-state index contributed by atoms with van der Waals surface area (Å²) in [7, 11) is 1.52. The highest BCUT2D eigenvalue weighted by Gasteiger charge is 2.79. The molecule has 3 aromatic carbocycles. The molecule has 3 aromatic rings. The van der Waals surface area contributed by atoms with E-state index in [1.807, 2.05) is 74.5 Å². The number of hydrogen-bond donors (Lipinski definition) is 0. The molecular formula is C31H27NO4. The molecule has 0 N–H and O–H groups in total. The SMILES string of the molecule is CC[C@@]12C(=O)[C@@](C)(C(c3ccccc3)=C1c1ccccc1)[C@H]1C(=O)N(c3ccccc3OC)C(=O)[C@@H]12. The first-order valence-corrected chi connectivity index (χ1v) is 12.3. The number of imide groups is 1. The molecule has 1 aliphatic heterocycles. The molecule has 2 amide bonds. The van der Waals surface area contributed by atoms with Gasteiger partial charge < -0.3 is 4.74 Å². The third kappa shape index (κ3) is 2.53. The fourth-order valence-electron chi connectivity index (χ4n) is 7.18. The molecule has 3 aliphatic rings. The quantitative estimate of drug-likeness (QED) is 0.461. The number of ether oxygens (including phenoxy) is 1. The number of benzene rings is 3. The van der Waals surface area contributed by atoms with Gasteiger partial charge in [0.1, 0.15) is 5.75 Å². The van der Waals surface area contributed by atoms with Crippen molar-refractivity contribution < 1.29 is 19.1 Å². The summed E-state index contributed by atoms with van der Waals surface area (Å²) < 4.78 is 5.50. The van der Waals surface area contributed by atoms with Gasteiger partial charge in [0, 0.05) is 0 Å². The topological polar surface area (TPSA) is 63.7 Å². The fourth-order valence-corrected chi connectivity index (χ4v) is 7.18. The third-order valence-electron chi connectivity index (χ3n) is 8.56. The van der Waals surface area contributed by atoms with Gasteiger partial charge in [-0.25, -0.2) is 4.90 Å². The molecule has 0 unspecified atom stereocenters. The maximum atomic E-state index is 14.5. The minimum atomic E-state index is -1.13. The van der Waals surface area contributed by atoms with E-state index in [1.54, 1.807) is 24.3 Å². The van der Waals surface area contributed by atoms with Crippen LogP contribution in [0, 0.1) is 22.7 Å². The smallest absolute Gasteiger partial charge is 0.239 e. The Balaban J connectivity index is 1.65. The van der Waals surface area contributed by atoms with Gasteiger partial charge in [-0.1, -0.05) is 79.7 Å². The van der Waals surface area contributed by atoms with Crippen molar-refractivity contribution in [3.05, 3.63) is 96.1 Å². The van der Waals surface area contributed by atoms with Crippen LogP contribution in [-0.4, -0.2) is 24.7 Å². The summed E-state index contributed by atoms with van der Waals surface area (Å²) in [4.78, 5) is 44.1. The number of allylic oxidation sites excluding steroid dienone is 2. The van der Waals surface area contributed by atoms with E-state index in [0.29, 0.717) is 17.9 Å². The van der Waals surface area contributed by atoms with Crippen molar-refractivity contribution in [3.8, 4) is 5.75 Å². The summed E-state index contributed by atoms with van der Waals surface area (Å²) in [5.74, 6) is -1.76. The summed E-state index contributed by atoms with van der Waals surface area (Å²) in [5.41, 5.74) is 1.79. The zero-order valence-corrected chi connectivity index (χ0v) is 20.5. The second-order valence-corrected chi connectivity index (χ2v) is 9.98. The fraction of sp³-hybridized carbons (Fsp3) is 0.258. The van der Waals surface area contributed by atoms with Crippen molar-refractivity contribution in [2.45, 2.75) is 20.3 Å². The second-order valence-electron chi connectivity index (χ2n) is 9.98. The van der Waals surface area contributed by atoms with Crippen LogP contribution in [-0.2, 0) is 14.4 Å². The van der Waals surface area contributed by atoms with E-state index in [2.05, 4.69) is 0 Å². The van der Waals surface area contributed by atoms with E-state index in [1.165, 1.54) is 12.0 Å². The first kappa shape index (κ1) is 22.5. The highest BCUT2D eigenvalue weighted by Crippen LogP contribution is 2.74. The number of anilines is 1. The van der Waals surface area contributed by atoms with E-state index in [-0.39, 0.29) is 17.6 Å². The number of para-hydroxylation sites is 2. The number of methoxy groups -OCH3 is 1. The molecule has 0 aromatic heterocycles. The lowest BCUT2D eigenvalue weighted by Gasteiger charge is -2.37. The molecule has 0 radical (unpaired) electrons. The van der Waals surface area contributed by atoms with Crippen molar-refractivity contribution >= 4 is 34.4 Å². The average molecular weight is 478 g/mol. The minimum absolute atomic E-state index is 0.0217. The van der Waals surface area contributed by atoms with Crippen LogP contribution >= 0.6 is 0 Å². The van der Waals surface area contributed by atoms with Crippen LogP contribution < -0.4 is 9.64 Å². The number of rotatable bonds is 5. The van der Waals surface area contributed by atoms with Crippen LogP contribution in [0.2, 0.25) is 0 Å². The van der Waals surface area contributed by atoms with Gasteiger partial charge in [-0.05, 0) is 47.8 Å². The van der Waals surface area contributed by atoms with E-state index >= 15 is 0 Å². The lowest BCUT2D eigenvalue weighted by Crippen LogP contribution is -2.41. The Morgan fingerprint density at radius 2 is 1.28 bits per heavy atom. The lowest BCUT2D eigenvalue weighted by molar-refractivity contribution is -0.134. The van der Waals surface area contributed by atoms with Crippen LogP contribution in [0.4, 0.5) is 5.69 Å². The number of carbonyl (C=O) groups is 3. The summed E-state index contributed by atoms with van der Waals surface area (Å²) in [6.07, 6.45) is 0.432. The number of nitrogens with zero attached hydrogens (tertiary/aromatic N) is 1. The van der Waals surface area contributed by atoms with Crippen LogP contribution in [0.5, 0.6) is 5.75 Å². The normalized spacial score (nSPS) is 28.8. The van der Waals surface area contributed by atoms with Gasteiger partial charge in [-0.2, -0.15) is 0 Å². The number of hydrogen-bond acceptors (Lipinski definition) is 4. The van der Waals surface area contributed by atoms with Crippen molar-refractivity contribution in [2.24, 2.45) is 22.7 Å². The molecule has 0 spiro atoms. The summed E-state index contributed by atoms with van der Waals surface area (Å²) >= 11 is 0. The predicted octanol–water partition coefficient (Wildman–Crippen LogP) is 5.41. The Morgan fingerprint density at radius 1 is 0.750 bits per heavy atom. The van der Waals surface area contributed by atoms with E-state index in [0.717, 1.165) is 22.3 Å². The summed E-state index contributed by atoms with van der Waals surface area (Å²) in [6, 6.07) is 26.7. The Hall–Kier alpha value is -3.99. The third-order valence-corrected chi connectivity index (χ3v) is 8.56. The molecule has 2 bridgehead atoms. The standard InChI is InChI=1S/C31H27NO4/c1-4-31-24(20-15-9-6-10-16-20)23(19-13-7-5-8-14-19)30(2,29(31)35)25-26(31)28(34)32(27(25)33)21-17-11-12-18-22(21)36-3/h5-18,25-26H,4H2,1-3H3/t25-,26-,30+,31-/m1/s1. The number of ketones is 1. The highest BCUT2D eigenvalue weighted by molar-refractivity contribution is 6.34. The van der Waals surface area contributed by atoms with Gasteiger partial charge in [0.2, 0.25) is 11.8 Å². The number of carbonyl (C=O) groups excluding carboxylic acids is 3. The van der Waals surface area contributed by atoms with Crippen LogP contribution in [0.15, 0.2) is 84.9 Å². The van der Waals surface area contributed by atoms with Crippen LogP contribution in [0.3, 0.4) is 0 Å². The molecular weight excluding hydrogens is 450 g/mol. The maximum absolute atomic E-state index is 14.5. The predicted molar refractivity (Wildman–Crippen MR) is 138 cm³/mol. The van der Waals surface area contributed by atoms with Crippen molar-refractivity contribution in [2.75, 3.05) is 12.0 Å². The Morgan fingerprint density at radius 3 is 1.86 bits per heavy atom. The van der Waals surface area contributed by atoms with Crippen LogP contribution in [0.1, 0.15) is 31.4 Å². The zero-order chi connectivity index (χ0) is 25.2. The van der Waals surface area contributed by atoms with Crippen molar-refractivity contribution in [1.82, 2.24) is 0 Å². The molecule has 1 saturated carbocycles. The maximum Gasteiger partial charge on any atom is 0.239 e. The average Bonchev–Trinajstić information content (AvgIpc) is 3.39. The Labute approximate surface area is 210 Å². The molecule has 6 rings (SSSR count). The van der Waals surface area contributed by atoms with Gasteiger partial charge in [0.05, 0.1) is 35.5 Å². The van der Waals surface area contributed by atoms with E-state index in [9.17, 15) is 14.4 Å².